The van der Waals surface area contributed by atoms with Crippen LogP contribution in [0.3, 0.4) is 0 Å². The van der Waals surface area contributed by atoms with Gasteiger partial charge in [-0.15, -0.1) is 0 Å². The highest BCUT2D eigenvalue weighted by Crippen LogP contribution is 2.38. The van der Waals surface area contributed by atoms with Crippen molar-refractivity contribution in [3.63, 3.8) is 0 Å². The quantitative estimate of drug-likeness (QED) is 0.882. The molecule has 0 amide bonds. The topological polar surface area (TPSA) is 66.8 Å². The van der Waals surface area contributed by atoms with E-state index in [0.29, 0.717) is 18.8 Å². The summed E-state index contributed by atoms with van der Waals surface area (Å²) in [6.07, 6.45) is 0.663. The highest BCUT2D eigenvalue weighted by atomic mass is 16.5. The van der Waals surface area contributed by atoms with Crippen molar-refractivity contribution in [3.05, 3.63) is 65.2 Å². The second-order valence-electron chi connectivity index (χ2n) is 6.30. The van der Waals surface area contributed by atoms with Gasteiger partial charge in [0.1, 0.15) is 5.75 Å². The van der Waals surface area contributed by atoms with Gasteiger partial charge in [0, 0.05) is 11.5 Å². The van der Waals surface area contributed by atoms with Crippen molar-refractivity contribution in [2.24, 2.45) is 5.92 Å². The summed E-state index contributed by atoms with van der Waals surface area (Å²) >= 11 is 0. The summed E-state index contributed by atoms with van der Waals surface area (Å²) in [5.74, 6) is -0.787. The Morgan fingerprint density at radius 1 is 1.25 bits per heavy atom. The van der Waals surface area contributed by atoms with E-state index in [1.807, 2.05) is 37.3 Å². The monoisotopic (exact) mass is 326 g/mol. The van der Waals surface area contributed by atoms with E-state index in [1.54, 1.807) is 18.2 Å². The highest BCUT2D eigenvalue weighted by molar-refractivity contribution is 5.76. The van der Waals surface area contributed by atoms with Crippen LogP contribution < -0.4 is 4.74 Å². The summed E-state index contributed by atoms with van der Waals surface area (Å²) in [7, 11) is 0. The van der Waals surface area contributed by atoms with Crippen LogP contribution in [-0.4, -0.2) is 22.8 Å². The van der Waals surface area contributed by atoms with Crippen LogP contribution in [0.4, 0.5) is 0 Å². The molecule has 1 unspecified atom stereocenters. The predicted molar refractivity (Wildman–Crippen MR) is 91.2 cm³/mol. The maximum Gasteiger partial charge on any atom is 0.310 e. The van der Waals surface area contributed by atoms with Gasteiger partial charge in [0.15, 0.2) is 0 Å². The lowest BCUT2D eigenvalue weighted by Crippen LogP contribution is -2.28. The number of aliphatic carboxylic acids is 1. The molecule has 4 nitrogen and oxygen atoms in total. The number of ether oxygens (including phenoxy) is 1. The molecule has 0 fully saturated rings. The van der Waals surface area contributed by atoms with Gasteiger partial charge in [0.2, 0.25) is 0 Å². The fraction of sp³-hybridized carbons (Fsp3) is 0.350. The molecule has 0 aliphatic carbocycles. The number of carbonyl (C=O) groups is 1. The lowest BCUT2D eigenvalue weighted by Gasteiger charge is -2.31. The minimum Gasteiger partial charge on any atom is -0.493 e. The molecular formula is C20H22O4. The SMILES string of the molecule is CCC(C(=O)O)c1ccc2c(c1)OC[C@H](Cc1ccccc1)[C@H]2O. The predicted octanol–water partition coefficient (Wildman–Crippen LogP) is 3.55. The van der Waals surface area contributed by atoms with Gasteiger partial charge in [-0.3, -0.25) is 4.79 Å². The van der Waals surface area contributed by atoms with Gasteiger partial charge in [-0.05, 0) is 30.0 Å². The summed E-state index contributed by atoms with van der Waals surface area (Å²) < 4.78 is 5.84. The van der Waals surface area contributed by atoms with E-state index in [0.717, 1.165) is 17.5 Å². The lowest BCUT2D eigenvalue weighted by molar-refractivity contribution is -0.138. The van der Waals surface area contributed by atoms with E-state index in [-0.39, 0.29) is 5.92 Å². The van der Waals surface area contributed by atoms with Gasteiger partial charge >= 0.3 is 5.97 Å². The Balaban J connectivity index is 1.81. The third-order valence-corrected chi connectivity index (χ3v) is 4.71. The summed E-state index contributed by atoms with van der Waals surface area (Å²) in [4.78, 5) is 11.3. The summed E-state index contributed by atoms with van der Waals surface area (Å²) in [5.41, 5.74) is 2.63. The molecule has 1 aliphatic heterocycles. The highest BCUT2D eigenvalue weighted by Gasteiger charge is 2.30. The molecule has 2 aromatic rings. The minimum absolute atomic E-state index is 0.00723. The first-order valence-electron chi connectivity index (χ1n) is 8.31. The maximum absolute atomic E-state index is 11.3. The molecule has 0 saturated carbocycles. The number of hydrogen-bond acceptors (Lipinski definition) is 3. The van der Waals surface area contributed by atoms with Crippen LogP contribution in [0.15, 0.2) is 48.5 Å². The Morgan fingerprint density at radius 3 is 2.67 bits per heavy atom. The molecule has 4 heteroatoms. The molecule has 3 atom stereocenters. The minimum atomic E-state index is -0.837. The van der Waals surface area contributed by atoms with Crippen LogP contribution in [0.2, 0.25) is 0 Å². The largest absolute Gasteiger partial charge is 0.493 e. The lowest BCUT2D eigenvalue weighted by atomic mass is 9.86. The molecule has 126 valence electrons. The molecule has 1 aliphatic rings. The van der Waals surface area contributed by atoms with Gasteiger partial charge in [0.25, 0.3) is 0 Å². The molecule has 24 heavy (non-hydrogen) atoms. The zero-order valence-corrected chi connectivity index (χ0v) is 13.7. The third kappa shape index (κ3) is 3.29. The second kappa shape index (κ2) is 7.05. The number of aliphatic hydroxyl groups excluding tert-OH is 1. The van der Waals surface area contributed by atoms with E-state index in [9.17, 15) is 15.0 Å². The standard InChI is InChI=1S/C20H22O4/c1-2-16(20(22)23)14-8-9-17-18(11-14)24-12-15(19(17)21)10-13-6-4-3-5-7-13/h3-9,11,15-16,19,21H,2,10,12H2,1H3,(H,22,23)/t15-,16?,19+/m0/s1. The van der Waals surface area contributed by atoms with Gasteiger partial charge < -0.3 is 14.9 Å². The third-order valence-electron chi connectivity index (χ3n) is 4.71. The van der Waals surface area contributed by atoms with Gasteiger partial charge in [-0.2, -0.15) is 0 Å². The average Bonchev–Trinajstić information content (AvgIpc) is 2.59. The van der Waals surface area contributed by atoms with Crippen LogP contribution in [0.1, 0.15) is 42.1 Å². The van der Waals surface area contributed by atoms with Crippen molar-refractivity contribution < 1.29 is 19.7 Å². The molecule has 0 bridgehead atoms. The van der Waals surface area contributed by atoms with E-state index >= 15 is 0 Å². The van der Waals surface area contributed by atoms with Gasteiger partial charge in [-0.1, -0.05) is 49.4 Å². The summed E-state index contributed by atoms with van der Waals surface area (Å²) in [6.45, 7) is 2.28. The Morgan fingerprint density at radius 2 is 2.00 bits per heavy atom. The van der Waals surface area contributed by atoms with E-state index < -0.39 is 18.0 Å². The van der Waals surface area contributed by atoms with Crippen LogP contribution in [0, 0.1) is 5.92 Å². The first-order chi connectivity index (χ1) is 11.6. The second-order valence-corrected chi connectivity index (χ2v) is 6.30. The molecule has 3 rings (SSSR count). The fourth-order valence-electron chi connectivity index (χ4n) is 3.32. The van der Waals surface area contributed by atoms with Crippen molar-refractivity contribution in [1.29, 1.82) is 0 Å². The van der Waals surface area contributed by atoms with E-state index in [2.05, 4.69) is 0 Å². The Labute approximate surface area is 141 Å². The van der Waals surface area contributed by atoms with Crippen molar-refractivity contribution in [3.8, 4) is 5.75 Å². The molecular weight excluding hydrogens is 304 g/mol. The smallest absolute Gasteiger partial charge is 0.310 e. The number of fused-ring (bicyclic) bond motifs is 1. The Bertz CT molecular complexity index is 711. The van der Waals surface area contributed by atoms with Crippen molar-refractivity contribution >= 4 is 5.97 Å². The molecule has 1 heterocycles. The molecule has 2 N–H and O–H groups in total. The van der Waals surface area contributed by atoms with Crippen molar-refractivity contribution in [2.45, 2.75) is 31.8 Å². The van der Waals surface area contributed by atoms with Crippen LogP contribution in [-0.2, 0) is 11.2 Å². The van der Waals surface area contributed by atoms with Gasteiger partial charge in [-0.25, -0.2) is 0 Å². The molecule has 0 aromatic heterocycles. The summed E-state index contributed by atoms with van der Waals surface area (Å²) in [6, 6.07) is 15.4. The molecule has 0 radical (unpaired) electrons. The number of carboxylic acids is 1. The van der Waals surface area contributed by atoms with Crippen molar-refractivity contribution in [1.82, 2.24) is 0 Å². The molecule has 0 spiro atoms. The van der Waals surface area contributed by atoms with E-state index in [4.69, 9.17) is 4.74 Å². The van der Waals surface area contributed by atoms with Crippen LogP contribution in [0.5, 0.6) is 5.75 Å². The first kappa shape index (κ1) is 16.5. The number of rotatable bonds is 5. The Hall–Kier alpha value is -2.33. The first-order valence-corrected chi connectivity index (χ1v) is 8.31. The summed E-state index contributed by atoms with van der Waals surface area (Å²) in [5, 5.41) is 20.0. The van der Waals surface area contributed by atoms with Crippen LogP contribution in [0.25, 0.3) is 0 Å². The molecule has 0 saturated heterocycles. The van der Waals surface area contributed by atoms with Crippen LogP contribution >= 0.6 is 0 Å². The number of hydrogen-bond donors (Lipinski definition) is 2. The Kier molecular flexibility index (Phi) is 4.86. The zero-order valence-electron chi connectivity index (χ0n) is 13.7. The molecule has 2 aromatic carbocycles. The maximum atomic E-state index is 11.3. The number of benzene rings is 2. The van der Waals surface area contributed by atoms with E-state index in [1.165, 1.54) is 5.56 Å². The zero-order chi connectivity index (χ0) is 17.1. The average molecular weight is 326 g/mol. The van der Waals surface area contributed by atoms with Crippen molar-refractivity contribution in [2.75, 3.05) is 6.61 Å². The van der Waals surface area contributed by atoms with Gasteiger partial charge in [0.05, 0.1) is 18.6 Å². The fourth-order valence-corrected chi connectivity index (χ4v) is 3.32. The number of carboxylic acid groups (broad SMARTS) is 1. The normalized spacial score (nSPS) is 20.8. The number of aliphatic hydroxyl groups is 1.